The van der Waals surface area contributed by atoms with Gasteiger partial charge in [0.05, 0.1) is 7.11 Å². The minimum absolute atomic E-state index is 0.281. The van der Waals surface area contributed by atoms with Gasteiger partial charge in [-0.05, 0) is 78.7 Å². The van der Waals surface area contributed by atoms with Crippen LogP contribution in [-0.2, 0) is 9.53 Å². The van der Waals surface area contributed by atoms with E-state index in [1.807, 2.05) is 67.9 Å². The second kappa shape index (κ2) is 13.2. The van der Waals surface area contributed by atoms with Gasteiger partial charge < -0.3 is 15.5 Å². The first-order chi connectivity index (χ1) is 16.5. The normalized spacial score (nSPS) is 15.1. The predicted octanol–water partition coefficient (Wildman–Crippen LogP) is 4.65. The van der Waals surface area contributed by atoms with Crippen molar-refractivity contribution in [3.05, 3.63) is 65.4 Å². The number of piperidine rings is 1. The zero-order valence-corrected chi connectivity index (χ0v) is 21.1. The number of carbonyl (C=O) groups is 2. The number of rotatable bonds is 10. The molecule has 1 aliphatic heterocycles. The van der Waals surface area contributed by atoms with Crippen LogP contribution in [0.3, 0.4) is 0 Å². The van der Waals surface area contributed by atoms with E-state index in [2.05, 4.69) is 15.8 Å². The van der Waals surface area contributed by atoms with Crippen LogP contribution in [0, 0.1) is 6.92 Å². The summed E-state index contributed by atoms with van der Waals surface area (Å²) in [5.74, 6) is 0.0400. The van der Waals surface area contributed by atoms with Crippen molar-refractivity contribution in [3.8, 4) is 11.1 Å². The molecule has 1 amide bonds. The summed E-state index contributed by atoms with van der Waals surface area (Å²) >= 11 is 1.63. The number of hydrazine groups is 1. The van der Waals surface area contributed by atoms with Crippen LogP contribution in [0.15, 0.2) is 48.7 Å². The fourth-order valence-corrected chi connectivity index (χ4v) is 4.56. The number of nitrogens with zero attached hydrogens (tertiary/aromatic N) is 1. The summed E-state index contributed by atoms with van der Waals surface area (Å²) in [5, 5.41) is 5.12. The van der Waals surface area contributed by atoms with E-state index in [0.29, 0.717) is 12.0 Å². The van der Waals surface area contributed by atoms with Gasteiger partial charge in [-0.25, -0.2) is 9.80 Å². The van der Waals surface area contributed by atoms with Crippen LogP contribution in [0.4, 0.5) is 0 Å². The van der Waals surface area contributed by atoms with Gasteiger partial charge in [-0.3, -0.25) is 4.79 Å². The first kappa shape index (κ1) is 25.8. The number of nitrogens with one attached hydrogen (secondary N) is 2. The summed E-state index contributed by atoms with van der Waals surface area (Å²) in [6, 6.07) is 13.1. The molecule has 2 aromatic rings. The Morgan fingerprint density at radius 2 is 1.88 bits per heavy atom. The average molecular weight is 482 g/mol. The van der Waals surface area contributed by atoms with Crippen molar-refractivity contribution >= 4 is 29.7 Å². The van der Waals surface area contributed by atoms with Crippen molar-refractivity contribution < 1.29 is 14.3 Å². The maximum Gasteiger partial charge on any atom is 0.328 e. The average Bonchev–Trinajstić information content (AvgIpc) is 2.86. The Morgan fingerprint density at radius 1 is 1.12 bits per heavy atom. The van der Waals surface area contributed by atoms with Crippen LogP contribution in [-0.4, -0.2) is 55.1 Å². The van der Waals surface area contributed by atoms with Gasteiger partial charge in [-0.1, -0.05) is 36.8 Å². The number of amides is 1. The topological polar surface area (TPSA) is 70.7 Å². The van der Waals surface area contributed by atoms with Crippen molar-refractivity contribution in [1.82, 2.24) is 15.8 Å². The standard InChI is InChI=1S/C27H35N3O3S/c1-20-9-5-6-10-22(20)24-19-21(13-15-28-30-16-7-4-8-17-30)11-12-23(24)26(31)29-25(14-18-34-3)27(32)33-2/h5-6,9-13,15,19,25,28H,4,7-8,14,16-18H2,1-3H3,(H,29,31)/b15-13+/t25-/m0/s1. The Labute approximate surface area is 207 Å². The molecule has 0 bridgehead atoms. The summed E-state index contributed by atoms with van der Waals surface area (Å²) in [6.45, 7) is 4.14. The van der Waals surface area contributed by atoms with Crippen LogP contribution in [0.25, 0.3) is 17.2 Å². The summed E-state index contributed by atoms with van der Waals surface area (Å²) in [4.78, 5) is 25.5. The molecular weight excluding hydrogens is 446 g/mol. The monoisotopic (exact) mass is 481 g/mol. The van der Waals surface area contributed by atoms with E-state index in [4.69, 9.17) is 4.74 Å². The molecule has 0 saturated carbocycles. The highest BCUT2D eigenvalue weighted by molar-refractivity contribution is 7.98. The Balaban J connectivity index is 1.87. The molecular formula is C27H35N3O3S. The molecule has 1 heterocycles. The molecule has 0 spiro atoms. The van der Waals surface area contributed by atoms with E-state index in [0.717, 1.165) is 41.1 Å². The molecule has 6 nitrogen and oxygen atoms in total. The Morgan fingerprint density at radius 3 is 2.59 bits per heavy atom. The highest BCUT2D eigenvalue weighted by Gasteiger charge is 2.23. The number of esters is 1. The lowest BCUT2D eigenvalue weighted by Gasteiger charge is -2.26. The van der Waals surface area contributed by atoms with Crippen LogP contribution < -0.4 is 10.7 Å². The highest BCUT2D eigenvalue weighted by atomic mass is 32.2. The lowest BCUT2D eigenvalue weighted by atomic mass is 9.93. The summed E-state index contributed by atoms with van der Waals surface area (Å²) in [7, 11) is 1.35. The number of hydrogen-bond acceptors (Lipinski definition) is 6. The second-order valence-electron chi connectivity index (χ2n) is 8.46. The molecule has 1 aliphatic rings. The number of carbonyl (C=O) groups excluding carboxylic acids is 2. The lowest BCUT2D eigenvalue weighted by Crippen LogP contribution is -2.42. The van der Waals surface area contributed by atoms with Gasteiger partial charge in [0.1, 0.15) is 6.04 Å². The molecule has 1 saturated heterocycles. The predicted molar refractivity (Wildman–Crippen MR) is 140 cm³/mol. The van der Waals surface area contributed by atoms with Gasteiger partial charge in [0.15, 0.2) is 0 Å². The first-order valence-corrected chi connectivity index (χ1v) is 13.2. The van der Waals surface area contributed by atoms with Gasteiger partial charge in [0.2, 0.25) is 0 Å². The molecule has 34 heavy (non-hydrogen) atoms. The number of thioether (sulfide) groups is 1. The van der Waals surface area contributed by atoms with Crippen molar-refractivity contribution in [3.63, 3.8) is 0 Å². The molecule has 1 fully saturated rings. The third-order valence-corrected chi connectivity index (χ3v) is 6.66. The van der Waals surface area contributed by atoms with E-state index in [-0.39, 0.29) is 5.91 Å². The first-order valence-electron chi connectivity index (χ1n) is 11.8. The third-order valence-electron chi connectivity index (χ3n) is 6.01. The Bertz CT molecular complexity index is 1000. The second-order valence-corrected chi connectivity index (χ2v) is 9.45. The smallest absolute Gasteiger partial charge is 0.328 e. The fraction of sp³-hybridized carbons (Fsp3) is 0.407. The van der Waals surface area contributed by atoms with Gasteiger partial charge in [0.25, 0.3) is 5.91 Å². The molecule has 7 heteroatoms. The minimum Gasteiger partial charge on any atom is -0.467 e. The van der Waals surface area contributed by atoms with Crippen molar-refractivity contribution in [2.75, 3.05) is 32.2 Å². The van der Waals surface area contributed by atoms with E-state index < -0.39 is 12.0 Å². The SMILES string of the molecule is COC(=O)[C@H](CCSC)NC(=O)c1ccc(/C=C/NN2CCCCC2)cc1-c1ccccc1C. The maximum absolute atomic E-state index is 13.3. The largest absolute Gasteiger partial charge is 0.467 e. The lowest BCUT2D eigenvalue weighted by molar-refractivity contribution is -0.142. The molecule has 2 aromatic carbocycles. The molecule has 3 rings (SSSR count). The van der Waals surface area contributed by atoms with Crippen LogP contribution in [0.2, 0.25) is 0 Å². The third kappa shape index (κ3) is 7.11. The summed E-state index contributed by atoms with van der Waals surface area (Å²) < 4.78 is 4.91. The van der Waals surface area contributed by atoms with E-state index >= 15 is 0 Å². The van der Waals surface area contributed by atoms with Crippen molar-refractivity contribution in [2.45, 2.75) is 38.6 Å². The number of hydrogen-bond donors (Lipinski definition) is 2. The van der Waals surface area contributed by atoms with Gasteiger partial charge >= 0.3 is 5.97 Å². The molecule has 0 unspecified atom stereocenters. The number of ether oxygens (including phenoxy) is 1. The number of aryl methyl sites for hydroxylation is 1. The van der Waals surface area contributed by atoms with Gasteiger partial charge in [-0.15, -0.1) is 0 Å². The molecule has 0 radical (unpaired) electrons. The van der Waals surface area contributed by atoms with Gasteiger partial charge in [0, 0.05) is 24.9 Å². The molecule has 2 N–H and O–H groups in total. The van der Waals surface area contributed by atoms with Crippen LogP contribution in [0.1, 0.15) is 47.2 Å². The molecule has 182 valence electrons. The van der Waals surface area contributed by atoms with E-state index in [1.54, 1.807) is 11.8 Å². The zero-order chi connectivity index (χ0) is 24.3. The zero-order valence-electron chi connectivity index (χ0n) is 20.3. The summed E-state index contributed by atoms with van der Waals surface area (Å²) in [6.07, 6.45) is 10.2. The fourth-order valence-electron chi connectivity index (χ4n) is 4.09. The quantitative estimate of drug-likeness (QED) is 0.482. The van der Waals surface area contributed by atoms with Crippen LogP contribution >= 0.6 is 11.8 Å². The van der Waals surface area contributed by atoms with E-state index in [9.17, 15) is 9.59 Å². The minimum atomic E-state index is -0.678. The van der Waals surface area contributed by atoms with E-state index in [1.165, 1.54) is 26.4 Å². The molecule has 1 atom stereocenters. The Hall–Kier alpha value is -2.77. The highest BCUT2D eigenvalue weighted by Crippen LogP contribution is 2.29. The number of benzene rings is 2. The summed E-state index contributed by atoms with van der Waals surface area (Å²) in [5.41, 5.74) is 7.80. The molecule has 0 aromatic heterocycles. The van der Waals surface area contributed by atoms with Crippen molar-refractivity contribution in [2.24, 2.45) is 0 Å². The Kier molecular flexibility index (Phi) is 10.0. The maximum atomic E-state index is 13.3. The molecule has 0 aliphatic carbocycles. The number of methoxy groups -OCH3 is 1. The van der Waals surface area contributed by atoms with Crippen molar-refractivity contribution in [1.29, 1.82) is 0 Å². The van der Waals surface area contributed by atoms with Gasteiger partial charge in [-0.2, -0.15) is 11.8 Å². The van der Waals surface area contributed by atoms with Crippen LogP contribution in [0.5, 0.6) is 0 Å².